The zero-order valence-electron chi connectivity index (χ0n) is 10.6. The Bertz CT molecular complexity index is 728. The lowest BCUT2D eigenvalue weighted by Crippen LogP contribution is -2.24. The lowest BCUT2D eigenvalue weighted by atomic mass is 9.77. The molecule has 0 saturated carbocycles. The Morgan fingerprint density at radius 2 is 2.00 bits per heavy atom. The van der Waals surface area contributed by atoms with Crippen LogP contribution in [0.3, 0.4) is 0 Å². The second-order valence-electron chi connectivity index (χ2n) is 4.75. The van der Waals surface area contributed by atoms with Crippen molar-refractivity contribution in [2.75, 3.05) is 0 Å². The SMILES string of the molecule is O=C(O)c1cnc(C2Cc3ccccc32)nc1C(F)(F)F. The minimum Gasteiger partial charge on any atom is -0.478 e. The fourth-order valence-corrected chi connectivity index (χ4v) is 2.43. The number of alkyl halides is 3. The van der Waals surface area contributed by atoms with E-state index in [-0.39, 0.29) is 11.7 Å². The van der Waals surface area contributed by atoms with Gasteiger partial charge in [0.15, 0.2) is 5.69 Å². The summed E-state index contributed by atoms with van der Waals surface area (Å²) in [4.78, 5) is 18.1. The van der Waals surface area contributed by atoms with Crippen molar-refractivity contribution < 1.29 is 23.1 Å². The molecule has 1 N–H and O–H groups in total. The molecule has 0 fully saturated rings. The molecule has 0 bridgehead atoms. The number of fused-ring (bicyclic) bond motifs is 1. The molecule has 1 aliphatic rings. The standard InChI is InChI=1S/C14H9F3N2O2/c15-14(16,17)11-10(13(20)21)6-18-12(19-11)9-5-7-3-1-2-4-8(7)9/h1-4,6,9H,5H2,(H,20,21). The first-order chi connectivity index (χ1) is 9.88. The van der Waals surface area contributed by atoms with Gasteiger partial charge in [0.1, 0.15) is 11.4 Å². The van der Waals surface area contributed by atoms with Crippen LogP contribution in [-0.4, -0.2) is 21.0 Å². The van der Waals surface area contributed by atoms with Gasteiger partial charge < -0.3 is 5.11 Å². The van der Waals surface area contributed by atoms with Crippen molar-refractivity contribution in [1.29, 1.82) is 0 Å². The summed E-state index contributed by atoms with van der Waals surface area (Å²) >= 11 is 0. The molecule has 7 heteroatoms. The smallest absolute Gasteiger partial charge is 0.434 e. The van der Waals surface area contributed by atoms with Gasteiger partial charge in [-0.2, -0.15) is 13.2 Å². The molecular formula is C14H9F3N2O2. The summed E-state index contributed by atoms with van der Waals surface area (Å²) in [6.07, 6.45) is -3.54. The number of carboxylic acid groups (broad SMARTS) is 1. The van der Waals surface area contributed by atoms with Crippen LogP contribution in [0.1, 0.15) is 38.9 Å². The number of hydrogen-bond acceptors (Lipinski definition) is 3. The highest BCUT2D eigenvalue weighted by Crippen LogP contribution is 2.39. The summed E-state index contributed by atoms with van der Waals surface area (Å²) in [5.41, 5.74) is -0.404. The van der Waals surface area contributed by atoms with Crippen LogP contribution in [0.4, 0.5) is 13.2 Å². The van der Waals surface area contributed by atoms with Gasteiger partial charge in [-0.1, -0.05) is 24.3 Å². The molecule has 3 rings (SSSR count). The highest BCUT2D eigenvalue weighted by molar-refractivity contribution is 5.88. The minimum atomic E-state index is -4.82. The fraction of sp³-hybridized carbons (Fsp3) is 0.214. The molecule has 1 unspecified atom stereocenters. The Labute approximate surface area is 117 Å². The number of rotatable bonds is 2. The summed E-state index contributed by atoms with van der Waals surface area (Å²) in [5.74, 6) is -2.00. The van der Waals surface area contributed by atoms with Crippen molar-refractivity contribution in [3.05, 3.63) is 58.7 Å². The van der Waals surface area contributed by atoms with E-state index in [0.717, 1.165) is 17.3 Å². The number of benzene rings is 1. The molecule has 2 aromatic rings. The predicted octanol–water partition coefficient (Wildman–Crippen LogP) is 2.88. The van der Waals surface area contributed by atoms with E-state index in [1.807, 2.05) is 18.2 Å². The van der Waals surface area contributed by atoms with Crippen LogP contribution in [-0.2, 0) is 12.6 Å². The van der Waals surface area contributed by atoms with Crippen molar-refractivity contribution in [1.82, 2.24) is 9.97 Å². The zero-order valence-corrected chi connectivity index (χ0v) is 10.6. The summed E-state index contributed by atoms with van der Waals surface area (Å²) in [6.45, 7) is 0. The van der Waals surface area contributed by atoms with E-state index in [1.54, 1.807) is 6.07 Å². The van der Waals surface area contributed by atoms with Crippen LogP contribution < -0.4 is 0 Å². The molecule has 0 aliphatic heterocycles. The van der Waals surface area contributed by atoms with Crippen molar-refractivity contribution in [3.8, 4) is 0 Å². The fourth-order valence-electron chi connectivity index (χ4n) is 2.43. The lowest BCUT2D eigenvalue weighted by Gasteiger charge is -2.29. The maximum absolute atomic E-state index is 12.9. The molecule has 0 radical (unpaired) electrons. The van der Waals surface area contributed by atoms with Gasteiger partial charge in [-0.15, -0.1) is 0 Å². The topological polar surface area (TPSA) is 63.1 Å². The largest absolute Gasteiger partial charge is 0.478 e. The number of halogens is 3. The number of aromatic nitrogens is 2. The van der Waals surface area contributed by atoms with Crippen LogP contribution in [0.5, 0.6) is 0 Å². The maximum Gasteiger partial charge on any atom is 0.434 e. The molecule has 21 heavy (non-hydrogen) atoms. The van der Waals surface area contributed by atoms with Gasteiger partial charge in [0.05, 0.1) is 0 Å². The van der Waals surface area contributed by atoms with Gasteiger partial charge in [-0.25, -0.2) is 14.8 Å². The monoisotopic (exact) mass is 294 g/mol. The van der Waals surface area contributed by atoms with Gasteiger partial charge in [0, 0.05) is 12.1 Å². The Kier molecular flexibility index (Phi) is 2.93. The van der Waals surface area contributed by atoms with E-state index in [4.69, 9.17) is 5.11 Å². The van der Waals surface area contributed by atoms with Crippen LogP contribution in [0.15, 0.2) is 30.5 Å². The van der Waals surface area contributed by atoms with E-state index < -0.39 is 23.4 Å². The van der Waals surface area contributed by atoms with Crippen LogP contribution in [0.25, 0.3) is 0 Å². The Morgan fingerprint density at radius 1 is 1.29 bits per heavy atom. The average Bonchev–Trinajstić information content (AvgIpc) is 2.39. The van der Waals surface area contributed by atoms with Crippen LogP contribution >= 0.6 is 0 Å². The molecule has 1 atom stereocenters. The third-order valence-corrected chi connectivity index (χ3v) is 3.47. The molecule has 108 valence electrons. The summed E-state index contributed by atoms with van der Waals surface area (Å²) in [7, 11) is 0. The molecule has 0 amide bonds. The van der Waals surface area contributed by atoms with Crippen molar-refractivity contribution in [3.63, 3.8) is 0 Å². The van der Waals surface area contributed by atoms with Crippen LogP contribution in [0.2, 0.25) is 0 Å². The van der Waals surface area contributed by atoms with E-state index in [1.165, 1.54) is 0 Å². The third-order valence-electron chi connectivity index (χ3n) is 3.47. The highest BCUT2D eigenvalue weighted by atomic mass is 19.4. The van der Waals surface area contributed by atoms with Crippen molar-refractivity contribution >= 4 is 5.97 Å². The normalized spacial score (nSPS) is 17.0. The molecule has 1 aromatic heterocycles. The van der Waals surface area contributed by atoms with Gasteiger partial charge in [0.2, 0.25) is 0 Å². The maximum atomic E-state index is 12.9. The molecule has 1 heterocycles. The van der Waals surface area contributed by atoms with E-state index in [0.29, 0.717) is 6.42 Å². The first-order valence-corrected chi connectivity index (χ1v) is 6.13. The number of aromatic carboxylic acids is 1. The van der Waals surface area contributed by atoms with E-state index >= 15 is 0 Å². The van der Waals surface area contributed by atoms with Gasteiger partial charge in [-0.3, -0.25) is 0 Å². The predicted molar refractivity (Wildman–Crippen MR) is 66.0 cm³/mol. The van der Waals surface area contributed by atoms with Gasteiger partial charge in [-0.05, 0) is 17.5 Å². The lowest BCUT2D eigenvalue weighted by molar-refractivity contribution is -0.141. The quantitative estimate of drug-likeness (QED) is 0.925. The molecular weight excluding hydrogens is 285 g/mol. The summed E-state index contributed by atoms with van der Waals surface area (Å²) < 4.78 is 38.7. The van der Waals surface area contributed by atoms with Gasteiger partial charge >= 0.3 is 12.1 Å². The first-order valence-electron chi connectivity index (χ1n) is 6.13. The third kappa shape index (κ3) is 2.24. The summed E-state index contributed by atoms with van der Waals surface area (Å²) in [6, 6.07) is 7.35. The van der Waals surface area contributed by atoms with Crippen LogP contribution in [0, 0.1) is 0 Å². The molecule has 0 spiro atoms. The molecule has 1 aromatic carbocycles. The first kappa shape index (κ1) is 13.5. The second-order valence-corrected chi connectivity index (χ2v) is 4.75. The Hall–Kier alpha value is -2.44. The summed E-state index contributed by atoms with van der Waals surface area (Å²) in [5, 5.41) is 8.81. The van der Waals surface area contributed by atoms with Crippen molar-refractivity contribution in [2.45, 2.75) is 18.5 Å². The zero-order chi connectivity index (χ0) is 15.2. The minimum absolute atomic E-state index is 0.00558. The average molecular weight is 294 g/mol. The molecule has 4 nitrogen and oxygen atoms in total. The highest BCUT2D eigenvalue weighted by Gasteiger charge is 2.39. The van der Waals surface area contributed by atoms with Crippen molar-refractivity contribution in [2.24, 2.45) is 0 Å². The number of carboxylic acids is 1. The second kappa shape index (κ2) is 4.54. The molecule has 1 aliphatic carbocycles. The van der Waals surface area contributed by atoms with E-state index in [9.17, 15) is 18.0 Å². The van der Waals surface area contributed by atoms with Gasteiger partial charge in [0.25, 0.3) is 0 Å². The van der Waals surface area contributed by atoms with E-state index in [2.05, 4.69) is 9.97 Å². The number of nitrogens with zero attached hydrogens (tertiary/aromatic N) is 2. The number of hydrogen-bond donors (Lipinski definition) is 1. The Balaban J connectivity index is 2.05. The number of carbonyl (C=O) groups is 1. The molecule has 0 saturated heterocycles. The Morgan fingerprint density at radius 3 is 2.62 bits per heavy atom.